The van der Waals surface area contributed by atoms with Crippen LogP contribution >= 0.6 is 0 Å². The van der Waals surface area contributed by atoms with Crippen LogP contribution in [0.15, 0.2) is 30.3 Å². The highest BCUT2D eigenvalue weighted by Gasteiger charge is 2.37. The molecule has 1 fully saturated rings. The molecule has 0 aliphatic carbocycles. The van der Waals surface area contributed by atoms with Crippen molar-refractivity contribution in [3.05, 3.63) is 35.9 Å². The summed E-state index contributed by atoms with van der Waals surface area (Å²) in [5.74, 6) is -1.54. The highest BCUT2D eigenvalue weighted by Crippen LogP contribution is 2.21. The van der Waals surface area contributed by atoms with Gasteiger partial charge in [0.1, 0.15) is 5.60 Å². The van der Waals surface area contributed by atoms with E-state index in [9.17, 15) is 14.7 Å². The quantitative estimate of drug-likeness (QED) is 0.884. The number of aliphatic carboxylic acids is 1. The van der Waals surface area contributed by atoms with Crippen molar-refractivity contribution in [3.8, 4) is 0 Å². The summed E-state index contributed by atoms with van der Waals surface area (Å²) in [4.78, 5) is 25.3. The molecule has 0 aromatic heterocycles. The topological polar surface area (TPSA) is 78.9 Å². The second-order valence-electron chi connectivity index (χ2n) is 7.13. The van der Waals surface area contributed by atoms with Gasteiger partial charge in [0.15, 0.2) is 0 Å². The maximum absolute atomic E-state index is 12.2. The summed E-state index contributed by atoms with van der Waals surface area (Å²) in [5, 5.41) is 12.8. The van der Waals surface area contributed by atoms with Gasteiger partial charge >= 0.3 is 12.1 Å². The minimum absolute atomic E-state index is 0.163. The second kappa shape index (κ2) is 7.66. The number of carboxylic acids is 1. The Morgan fingerprint density at radius 2 is 1.96 bits per heavy atom. The zero-order chi connectivity index (χ0) is 17.7. The molecule has 2 N–H and O–H groups in total. The molecule has 0 spiro atoms. The molecule has 0 bridgehead atoms. The summed E-state index contributed by atoms with van der Waals surface area (Å²) in [6.45, 7) is 6.67. The lowest BCUT2D eigenvalue weighted by Crippen LogP contribution is -2.54. The molecule has 1 saturated heterocycles. The van der Waals surface area contributed by atoms with Crippen LogP contribution in [0.3, 0.4) is 0 Å². The molecule has 2 rings (SSSR count). The van der Waals surface area contributed by atoms with Gasteiger partial charge in [-0.1, -0.05) is 30.3 Å². The van der Waals surface area contributed by atoms with Crippen LogP contribution in [0.5, 0.6) is 0 Å². The van der Waals surface area contributed by atoms with Crippen LogP contribution in [0.4, 0.5) is 4.79 Å². The van der Waals surface area contributed by atoms with E-state index in [1.54, 1.807) is 20.8 Å². The van der Waals surface area contributed by atoms with E-state index < -0.39 is 23.6 Å². The van der Waals surface area contributed by atoms with Crippen molar-refractivity contribution >= 4 is 12.1 Å². The number of nitrogens with zero attached hydrogens (tertiary/aromatic N) is 1. The number of amides is 1. The fourth-order valence-electron chi connectivity index (χ4n) is 2.78. The number of likely N-dealkylation sites (tertiary alicyclic amines) is 1. The van der Waals surface area contributed by atoms with Gasteiger partial charge in [-0.25, -0.2) is 4.79 Å². The minimum atomic E-state index is -0.895. The number of benzene rings is 1. The molecule has 1 aromatic carbocycles. The smallest absolute Gasteiger partial charge is 0.410 e. The molecule has 0 saturated carbocycles. The molecular formula is C18H26N2O4. The Balaban J connectivity index is 1.95. The van der Waals surface area contributed by atoms with Crippen molar-refractivity contribution in [1.29, 1.82) is 0 Å². The first-order valence-electron chi connectivity index (χ1n) is 8.24. The maximum atomic E-state index is 12.2. The lowest BCUT2D eigenvalue weighted by Gasteiger charge is -2.37. The third-order valence-corrected chi connectivity index (χ3v) is 3.99. The molecule has 0 radical (unpaired) electrons. The number of carbonyl (C=O) groups is 2. The van der Waals surface area contributed by atoms with Gasteiger partial charge in [0.2, 0.25) is 0 Å². The third kappa shape index (κ3) is 5.23. The van der Waals surface area contributed by atoms with Crippen molar-refractivity contribution in [2.24, 2.45) is 5.92 Å². The van der Waals surface area contributed by atoms with Crippen LogP contribution in [0.1, 0.15) is 32.8 Å². The average Bonchev–Trinajstić information content (AvgIpc) is 2.52. The van der Waals surface area contributed by atoms with Gasteiger partial charge in [0.25, 0.3) is 0 Å². The van der Waals surface area contributed by atoms with Gasteiger partial charge in [0.05, 0.1) is 5.92 Å². The van der Waals surface area contributed by atoms with Crippen molar-refractivity contribution in [3.63, 3.8) is 0 Å². The Morgan fingerprint density at radius 3 is 2.54 bits per heavy atom. The SMILES string of the molecule is CC(C)(C)OC(=O)N1CC[C@H](NCc2ccccc2)[C@H](C(=O)O)C1. The standard InChI is InChI=1S/C18H26N2O4/c1-18(2,3)24-17(23)20-10-9-15(14(12-20)16(21)22)19-11-13-7-5-4-6-8-13/h4-8,14-15,19H,9-12H2,1-3H3,(H,21,22)/t14-,15+/m1/s1. The zero-order valence-corrected chi connectivity index (χ0v) is 14.5. The first kappa shape index (κ1) is 18.3. The Labute approximate surface area is 142 Å². The van der Waals surface area contributed by atoms with Crippen LogP contribution in [0.2, 0.25) is 0 Å². The molecule has 1 aliphatic rings. The van der Waals surface area contributed by atoms with Crippen molar-refractivity contribution in [2.45, 2.75) is 45.4 Å². The lowest BCUT2D eigenvalue weighted by molar-refractivity contribution is -0.144. The van der Waals surface area contributed by atoms with E-state index >= 15 is 0 Å². The van der Waals surface area contributed by atoms with Crippen LogP contribution in [-0.4, -0.2) is 46.8 Å². The average molecular weight is 334 g/mol. The number of carbonyl (C=O) groups excluding carboxylic acids is 1. The molecule has 132 valence electrons. The summed E-state index contributed by atoms with van der Waals surface area (Å²) in [7, 11) is 0. The van der Waals surface area contributed by atoms with E-state index in [0.29, 0.717) is 19.5 Å². The number of rotatable bonds is 4. The molecule has 1 aliphatic heterocycles. The largest absolute Gasteiger partial charge is 0.481 e. The van der Waals surface area contributed by atoms with E-state index in [-0.39, 0.29) is 12.6 Å². The highest BCUT2D eigenvalue weighted by atomic mass is 16.6. The minimum Gasteiger partial charge on any atom is -0.481 e. The van der Waals surface area contributed by atoms with Gasteiger partial charge in [-0.05, 0) is 32.8 Å². The van der Waals surface area contributed by atoms with Gasteiger partial charge in [-0.2, -0.15) is 0 Å². The zero-order valence-electron chi connectivity index (χ0n) is 14.5. The van der Waals surface area contributed by atoms with E-state index in [0.717, 1.165) is 5.56 Å². The second-order valence-corrected chi connectivity index (χ2v) is 7.13. The summed E-state index contributed by atoms with van der Waals surface area (Å²) in [6, 6.07) is 9.69. The Kier molecular flexibility index (Phi) is 5.83. The number of ether oxygens (including phenoxy) is 1. The van der Waals surface area contributed by atoms with E-state index in [1.807, 2.05) is 30.3 Å². The van der Waals surface area contributed by atoms with Crippen LogP contribution in [0, 0.1) is 5.92 Å². The van der Waals surface area contributed by atoms with Crippen LogP contribution in [-0.2, 0) is 16.1 Å². The predicted octanol–water partition coefficient (Wildman–Crippen LogP) is 2.49. The number of nitrogens with one attached hydrogen (secondary N) is 1. The van der Waals surface area contributed by atoms with Crippen LogP contribution in [0.25, 0.3) is 0 Å². The molecule has 6 heteroatoms. The third-order valence-electron chi connectivity index (χ3n) is 3.99. The molecular weight excluding hydrogens is 308 g/mol. The first-order chi connectivity index (χ1) is 11.3. The molecule has 1 heterocycles. The van der Waals surface area contributed by atoms with Crippen molar-refractivity contribution in [2.75, 3.05) is 13.1 Å². The monoisotopic (exact) mass is 334 g/mol. The number of hydrogen-bond acceptors (Lipinski definition) is 4. The number of carboxylic acid groups (broad SMARTS) is 1. The molecule has 1 amide bonds. The number of piperidine rings is 1. The van der Waals surface area contributed by atoms with Gasteiger partial charge in [-0.15, -0.1) is 0 Å². The number of hydrogen-bond donors (Lipinski definition) is 2. The lowest BCUT2D eigenvalue weighted by atomic mass is 9.92. The molecule has 0 unspecified atom stereocenters. The van der Waals surface area contributed by atoms with Crippen LogP contribution < -0.4 is 5.32 Å². The van der Waals surface area contributed by atoms with Gasteiger partial charge < -0.3 is 20.1 Å². The van der Waals surface area contributed by atoms with E-state index in [4.69, 9.17) is 4.74 Å². The molecule has 24 heavy (non-hydrogen) atoms. The van der Waals surface area contributed by atoms with E-state index in [2.05, 4.69) is 5.32 Å². The highest BCUT2D eigenvalue weighted by molar-refractivity contribution is 5.74. The molecule has 6 nitrogen and oxygen atoms in total. The Morgan fingerprint density at radius 1 is 1.29 bits per heavy atom. The summed E-state index contributed by atoms with van der Waals surface area (Å²) < 4.78 is 5.34. The van der Waals surface area contributed by atoms with Gasteiger partial charge in [0, 0.05) is 25.7 Å². The van der Waals surface area contributed by atoms with Crippen molar-refractivity contribution < 1.29 is 19.4 Å². The fraction of sp³-hybridized carbons (Fsp3) is 0.556. The van der Waals surface area contributed by atoms with E-state index in [1.165, 1.54) is 4.90 Å². The first-order valence-corrected chi connectivity index (χ1v) is 8.24. The predicted molar refractivity (Wildman–Crippen MR) is 90.6 cm³/mol. The Bertz CT molecular complexity index is 568. The summed E-state index contributed by atoms with van der Waals surface area (Å²) in [5.41, 5.74) is 0.522. The Hall–Kier alpha value is -2.08. The molecule has 1 aromatic rings. The summed E-state index contributed by atoms with van der Waals surface area (Å²) >= 11 is 0. The molecule has 2 atom stereocenters. The normalized spacial score (nSPS) is 21.4. The fourth-order valence-corrected chi connectivity index (χ4v) is 2.78. The maximum Gasteiger partial charge on any atom is 0.410 e. The van der Waals surface area contributed by atoms with Crippen molar-refractivity contribution in [1.82, 2.24) is 10.2 Å². The van der Waals surface area contributed by atoms with Gasteiger partial charge in [-0.3, -0.25) is 4.79 Å². The summed E-state index contributed by atoms with van der Waals surface area (Å²) in [6.07, 6.45) is 0.138.